The second-order valence-corrected chi connectivity index (χ2v) is 63.3. The number of aliphatic carboxylic acids is 3. The van der Waals surface area contributed by atoms with Gasteiger partial charge in [-0.3, -0.25) is 9.59 Å². The normalized spacial score (nSPS) is 43.7. The van der Waals surface area contributed by atoms with E-state index in [0.29, 0.717) is 112 Å². The number of esters is 1. The van der Waals surface area contributed by atoms with Crippen LogP contribution in [0.25, 0.3) is 0 Å². The molecule has 0 radical (unpaired) electrons. The molecule has 16 aliphatic carbocycles. The second kappa shape index (κ2) is 25.4. The van der Waals surface area contributed by atoms with Crippen LogP contribution in [0.4, 0.5) is 0 Å². The molecule has 8 atom stereocenters. The number of alkyl halides is 4. The second-order valence-electron chi connectivity index (χ2n) is 25.3. The first-order chi connectivity index (χ1) is 33.6. The first-order valence-corrected chi connectivity index (χ1v) is 46.4. The summed E-state index contributed by atoms with van der Waals surface area (Å²) in [6.45, 7) is 0. The molecule has 14 nitrogen and oxygen atoms in total. The Hall–Kier alpha value is 3.45. The SMILES string of the molecule is C.COC(=O)C(Cl)(Cl)C12CC3CC(CC(O)(C3)C1)C2.II.O=C(O)C(=O)C12CC3CC(CC(O)(C3)C1)C2.O=C(O)C(=O)C12CC3CC(CC(O)(C3)C1)C2.O=C([O-])C(Cl)(Cl)C12CC3CC(CC(O)(C3)C1)C2.[I][V]([I])[I].[Na+]. The number of hydrogen-bond donors (Lipinski definition) is 6. The topological polar surface area (TPSA) is 256 Å². The number of aliphatic hydroxyl groups is 4. The quantitative estimate of drug-likeness (QED) is 0.0444. The molecule has 6 N–H and O–H groups in total. The Labute approximate surface area is 543 Å². The Morgan fingerprint density at radius 2 is 0.720 bits per heavy atom. The third-order valence-electron chi connectivity index (χ3n) is 19.5. The van der Waals surface area contributed by atoms with E-state index in [4.69, 9.17) is 61.4 Å². The number of Topliss-reactive ketones (excluding diaryl/α,β-unsaturated/α-hetero) is 2. The van der Waals surface area contributed by atoms with Crippen molar-refractivity contribution in [2.75, 3.05) is 7.11 Å². The smallest absolute Gasteiger partial charge is 1.00 e. The van der Waals surface area contributed by atoms with Crippen molar-refractivity contribution >= 4 is 179 Å². The number of carboxylic acids is 3. The monoisotopic (exact) mass is 1740 g/mol. The molecule has 422 valence electrons. The summed E-state index contributed by atoms with van der Waals surface area (Å²) >= 11 is 36.4. The molecular formula is C50H69Cl4I5NaO14V. The van der Waals surface area contributed by atoms with E-state index < -0.39 is 88.2 Å². The van der Waals surface area contributed by atoms with Gasteiger partial charge in [0.15, 0.2) is 4.33 Å². The maximum absolute atomic E-state index is 11.9. The maximum Gasteiger partial charge on any atom is 1.00 e. The Kier molecular flexibility index (Phi) is 23.5. The van der Waals surface area contributed by atoms with E-state index in [1.807, 2.05) is 0 Å². The van der Waals surface area contributed by atoms with Crippen LogP contribution < -0.4 is 34.7 Å². The summed E-state index contributed by atoms with van der Waals surface area (Å²) in [5.74, 6) is -2.97. The first-order valence-electron chi connectivity index (χ1n) is 25.1. The van der Waals surface area contributed by atoms with Crippen molar-refractivity contribution in [1.82, 2.24) is 0 Å². The first kappa shape index (κ1) is 69.2. The number of rotatable bonds is 8. The van der Waals surface area contributed by atoms with Gasteiger partial charge in [-0.25, -0.2) is 14.4 Å². The fourth-order valence-corrected chi connectivity index (χ4v) is 20.2. The van der Waals surface area contributed by atoms with E-state index in [1.165, 1.54) is 7.11 Å². The van der Waals surface area contributed by atoms with Gasteiger partial charge in [-0.15, -0.1) is 0 Å². The molecule has 16 fully saturated rings. The summed E-state index contributed by atoms with van der Waals surface area (Å²) in [6, 6.07) is 0. The Balaban J connectivity index is 0.000000177. The van der Waals surface area contributed by atoms with Crippen molar-refractivity contribution in [3.05, 3.63) is 0 Å². The summed E-state index contributed by atoms with van der Waals surface area (Å²) in [6.07, 6.45) is 18.0. The summed E-state index contributed by atoms with van der Waals surface area (Å²) in [7, 11) is 1.30. The van der Waals surface area contributed by atoms with E-state index >= 15 is 0 Å². The zero-order chi connectivity index (χ0) is 54.3. The average Bonchev–Trinajstić information content (AvgIpc) is 3.23. The largest absolute Gasteiger partial charge is 1.00 e. The molecule has 16 bridgehead atoms. The molecular weight excluding hydrogens is 1670 g/mol. The average molecular weight is 1740 g/mol. The van der Waals surface area contributed by atoms with Crippen molar-refractivity contribution in [3.63, 3.8) is 0 Å². The Bertz CT molecular complexity index is 2070. The molecule has 0 aromatic rings. The van der Waals surface area contributed by atoms with Crippen molar-refractivity contribution in [2.45, 2.75) is 193 Å². The molecule has 0 aliphatic heterocycles. The molecule has 0 saturated heterocycles. The van der Waals surface area contributed by atoms with E-state index in [9.17, 15) is 54.3 Å². The van der Waals surface area contributed by atoms with E-state index in [-0.39, 0.29) is 41.9 Å². The molecule has 0 aromatic heterocycles. The molecule has 0 heterocycles. The molecule has 25 heteroatoms. The zero-order valence-electron chi connectivity index (χ0n) is 41.4. The fraction of sp³-hybridized carbons (Fsp3) is 0.880. The number of carbonyl (C=O) groups is 6. The van der Waals surface area contributed by atoms with Gasteiger partial charge in [0.2, 0.25) is 15.9 Å². The molecule has 16 aliphatic rings. The summed E-state index contributed by atoms with van der Waals surface area (Å²) in [4.78, 5) is 68.2. The number of carboxylic acid groups (broad SMARTS) is 3. The van der Waals surface area contributed by atoms with Crippen LogP contribution in [-0.4, -0.2) is 104 Å². The van der Waals surface area contributed by atoms with Gasteiger partial charge in [0.05, 0.1) is 35.5 Å². The third kappa shape index (κ3) is 14.3. The van der Waals surface area contributed by atoms with Crippen molar-refractivity contribution in [3.8, 4) is 0 Å². The van der Waals surface area contributed by atoms with Crippen LogP contribution in [0.1, 0.15) is 162 Å². The molecule has 0 amide bonds. The summed E-state index contributed by atoms with van der Waals surface area (Å²) in [5, 5.41) is 70.8. The zero-order valence-corrected chi connectivity index (χ0v) is 58.6. The van der Waals surface area contributed by atoms with E-state index in [2.05, 4.69) is 97.2 Å². The molecule has 0 spiro atoms. The number of hydrogen-bond acceptors (Lipinski definition) is 12. The standard InChI is InChI=1S/C13H18Cl2O3.C12H16Cl2O3.2C12H16O4.CH4.I2.3HI.Na.V/c1-18-10(16)13(14,15)11-3-8-2-9(4-11)6-12(17,5-8)7-11;13-12(14,9(15)16)10-2-7-1-8(3-10)5-11(17,4-7)6-10;2*13-9(10(14)15)11-2-7-1-8(3-11)5-12(16,4-7)6-11;;1-2;;;;;/h8-9,17H,2-7H2,1H3;7-8,17H,1-6H2,(H,15,16);2*7-8,16H,1-6H2,(H,14,15);1H4;;3*1H;;/q;;;;;;;;;+1;+3/p-4. The van der Waals surface area contributed by atoms with Crippen LogP contribution in [0, 0.1) is 69.0 Å². The number of ketones is 2. The minimum Gasteiger partial charge on any atom is 1.00 e. The molecule has 16 saturated carbocycles. The minimum absolute atomic E-state index is 0. The number of halogens is 9. The molecule has 75 heavy (non-hydrogen) atoms. The van der Waals surface area contributed by atoms with Gasteiger partial charge in [-0.05, 0) is 201 Å². The maximum atomic E-state index is 11.9. The van der Waals surface area contributed by atoms with Crippen molar-refractivity contribution in [1.29, 1.82) is 0 Å². The van der Waals surface area contributed by atoms with Gasteiger partial charge < -0.3 is 45.3 Å². The third-order valence-corrected chi connectivity index (χ3v) is 21.7. The van der Waals surface area contributed by atoms with Crippen LogP contribution in [0.5, 0.6) is 0 Å². The van der Waals surface area contributed by atoms with Gasteiger partial charge in [-0.1, -0.05) is 53.8 Å². The Morgan fingerprint density at radius 3 is 0.920 bits per heavy atom. The van der Waals surface area contributed by atoms with Crippen molar-refractivity contribution in [2.24, 2.45) is 69.0 Å². The molecule has 8 unspecified atom stereocenters. The van der Waals surface area contributed by atoms with Crippen LogP contribution in [-0.2, 0) is 38.4 Å². The van der Waals surface area contributed by atoms with Crippen LogP contribution in [0.15, 0.2) is 0 Å². The summed E-state index contributed by atoms with van der Waals surface area (Å²) < 4.78 is 1.34. The predicted octanol–water partition coefficient (Wildman–Crippen LogP) is 7.92. The number of carbonyl (C=O) groups excluding carboxylic acids is 4. The molecule has 0 aromatic carbocycles. The van der Waals surface area contributed by atoms with Crippen LogP contribution in [0.3, 0.4) is 0 Å². The summed E-state index contributed by atoms with van der Waals surface area (Å²) in [5.41, 5.74) is -5.64. The van der Waals surface area contributed by atoms with Gasteiger partial charge in [0.25, 0.3) is 0 Å². The van der Waals surface area contributed by atoms with Crippen LogP contribution in [0.2, 0.25) is 0 Å². The predicted molar refractivity (Wildman–Crippen MR) is 316 cm³/mol. The Morgan fingerprint density at radius 1 is 0.493 bits per heavy atom. The van der Waals surface area contributed by atoms with Gasteiger partial charge in [0, 0.05) is 58.9 Å². The fourth-order valence-electron chi connectivity index (χ4n) is 19.1. The number of ether oxygens (including phenoxy) is 1. The van der Waals surface area contributed by atoms with E-state index in [0.717, 1.165) is 89.9 Å². The van der Waals surface area contributed by atoms with Gasteiger partial charge in [-0.2, -0.15) is 0 Å². The number of methoxy groups -OCH3 is 1. The van der Waals surface area contributed by atoms with Gasteiger partial charge in [0.1, 0.15) is 0 Å². The van der Waals surface area contributed by atoms with E-state index in [1.54, 1.807) is 0 Å². The molecule has 16 rings (SSSR count). The minimum atomic E-state index is -1.88. The van der Waals surface area contributed by atoms with Crippen molar-refractivity contribution < 1.29 is 104 Å². The van der Waals surface area contributed by atoms with Gasteiger partial charge >= 0.3 is 112 Å². The van der Waals surface area contributed by atoms with Crippen LogP contribution >= 0.6 is 144 Å².